The maximum atomic E-state index is 5.75. The first kappa shape index (κ1) is 9.92. The fourth-order valence-electron chi connectivity index (χ4n) is 0.969. The first-order chi connectivity index (χ1) is 5.88. The molecule has 4 N–H and O–H groups in total. The van der Waals surface area contributed by atoms with Crippen LogP contribution in [0.1, 0.15) is 0 Å². The number of anilines is 2. The SMILES string of the molecule is C[Si](C)(C)Oc1cc(N)ccc1N. The van der Waals surface area contributed by atoms with Crippen LogP contribution in [0.5, 0.6) is 5.75 Å². The lowest BCUT2D eigenvalue weighted by Gasteiger charge is -2.20. The Balaban J connectivity index is 2.94. The van der Waals surface area contributed by atoms with Gasteiger partial charge in [-0.3, -0.25) is 0 Å². The maximum absolute atomic E-state index is 5.75. The van der Waals surface area contributed by atoms with E-state index in [1.165, 1.54) is 0 Å². The Morgan fingerprint density at radius 2 is 1.77 bits per heavy atom. The fourth-order valence-corrected chi connectivity index (χ4v) is 1.81. The minimum absolute atomic E-state index is 0.650. The number of nitrogens with two attached hydrogens (primary N) is 2. The van der Waals surface area contributed by atoms with Gasteiger partial charge in [-0.2, -0.15) is 0 Å². The molecule has 1 aromatic carbocycles. The van der Waals surface area contributed by atoms with E-state index in [1.807, 2.05) is 0 Å². The van der Waals surface area contributed by atoms with Gasteiger partial charge in [-0.05, 0) is 31.8 Å². The summed E-state index contributed by atoms with van der Waals surface area (Å²) in [5.41, 5.74) is 12.7. The Morgan fingerprint density at radius 1 is 1.15 bits per heavy atom. The van der Waals surface area contributed by atoms with E-state index >= 15 is 0 Å². The van der Waals surface area contributed by atoms with E-state index in [2.05, 4.69) is 19.6 Å². The van der Waals surface area contributed by atoms with E-state index in [0.29, 0.717) is 17.1 Å². The summed E-state index contributed by atoms with van der Waals surface area (Å²) in [4.78, 5) is 0. The average molecular weight is 196 g/mol. The Hall–Kier alpha value is -1.16. The molecule has 0 saturated heterocycles. The number of hydrogen-bond acceptors (Lipinski definition) is 3. The molecule has 72 valence electrons. The summed E-state index contributed by atoms with van der Waals surface area (Å²) in [7, 11) is -1.59. The predicted molar refractivity (Wildman–Crippen MR) is 59.2 cm³/mol. The molecular formula is C9H16N2OSi. The van der Waals surface area contributed by atoms with Crippen LogP contribution in [0.25, 0.3) is 0 Å². The van der Waals surface area contributed by atoms with Crippen molar-refractivity contribution < 1.29 is 4.43 Å². The topological polar surface area (TPSA) is 61.3 Å². The van der Waals surface area contributed by atoms with Crippen LogP contribution in [0.4, 0.5) is 11.4 Å². The summed E-state index contributed by atoms with van der Waals surface area (Å²) >= 11 is 0. The standard InChI is InChI=1S/C9H16N2OSi/c1-13(2,3)12-9-6-7(10)4-5-8(9)11/h4-6H,10-11H2,1-3H3. The van der Waals surface area contributed by atoms with Gasteiger partial charge in [0.1, 0.15) is 5.75 Å². The van der Waals surface area contributed by atoms with Crippen molar-refractivity contribution in [2.45, 2.75) is 19.6 Å². The van der Waals surface area contributed by atoms with Gasteiger partial charge in [0.2, 0.25) is 8.32 Å². The molecule has 0 bridgehead atoms. The molecule has 13 heavy (non-hydrogen) atoms. The molecule has 0 unspecified atom stereocenters. The Kier molecular flexibility index (Phi) is 2.52. The van der Waals surface area contributed by atoms with Gasteiger partial charge < -0.3 is 15.9 Å². The lowest BCUT2D eigenvalue weighted by molar-refractivity contribution is 0.561. The Bertz CT molecular complexity index is 307. The van der Waals surface area contributed by atoms with Crippen molar-refractivity contribution in [2.24, 2.45) is 0 Å². The van der Waals surface area contributed by atoms with Gasteiger partial charge in [-0.15, -0.1) is 0 Å². The van der Waals surface area contributed by atoms with E-state index in [0.717, 1.165) is 0 Å². The highest BCUT2D eigenvalue weighted by Crippen LogP contribution is 2.26. The zero-order valence-electron chi connectivity index (χ0n) is 8.29. The Labute approximate surface area is 79.8 Å². The molecule has 0 aliphatic heterocycles. The van der Waals surface area contributed by atoms with Crippen LogP contribution in [0, 0.1) is 0 Å². The van der Waals surface area contributed by atoms with Crippen molar-refractivity contribution in [1.82, 2.24) is 0 Å². The van der Waals surface area contributed by atoms with Crippen molar-refractivity contribution in [3.63, 3.8) is 0 Å². The Morgan fingerprint density at radius 3 is 2.31 bits per heavy atom. The summed E-state index contributed by atoms with van der Waals surface area (Å²) in [5, 5.41) is 0. The molecule has 0 heterocycles. The molecule has 0 aliphatic carbocycles. The highest BCUT2D eigenvalue weighted by molar-refractivity contribution is 6.70. The second kappa shape index (κ2) is 3.30. The van der Waals surface area contributed by atoms with Gasteiger partial charge in [0.15, 0.2) is 0 Å². The molecule has 3 nitrogen and oxygen atoms in total. The molecule has 0 radical (unpaired) electrons. The summed E-state index contributed by atoms with van der Waals surface area (Å²) < 4.78 is 5.75. The maximum Gasteiger partial charge on any atom is 0.242 e. The summed E-state index contributed by atoms with van der Waals surface area (Å²) in [6, 6.07) is 5.31. The van der Waals surface area contributed by atoms with E-state index < -0.39 is 8.32 Å². The lowest BCUT2D eigenvalue weighted by Crippen LogP contribution is -2.29. The molecule has 0 amide bonds. The summed E-state index contributed by atoms with van der Waals surface area (Å²) in [6.07, 6.45) is 0. The zero-order chi connectivity index (χ0) is 10.1. The third kappa shape index (κ3) is 2.99. The molecule has 4 heteroatoms. The van der Waals surface area contributed by atoms with Crippen molar-refractivity contribution in [3.05, 3.63) is 18.2 Å². The van der Waals surface area contributed by atoms with Gasteiger partial charge >= 0.3 is 0 Å². The van der Waals surface area contributed by atoms with Crippen LogP contribution >= 0.6 is 0 Å². The molecule has 0 atom stereocenters. The summed E-state index contributed by atoms with van der Waals surface area (Å²) in [6.45, 7) is 6.32. The molecule has 1 rings (SSSR count). The number of benzene rings is 1. The van der Waals surface area contributed by atoms with Crippen molar-refractivity contribution in [3.8, 4) is 5.75 Å². The van der Waals surface area contributed by atoms with E-state index in [1.54, 1.807) is 18.2 Å². The molecule has 0 spiro atoms. The highest BCUT2D eigenvalue weighted by atomic mass is 28.4. The van der Waals surface area contributed by atoms with Gasteiger partial charge in [0.25, 0.3) is 0 Å². The first-order valence-corrected chi connectivity index (χ1v) is 7.63. The molecular weight excluding hydrogens is 180 g/mol. The van der Waals surface area contributed by atoms with E-state index in [-0.39, 0.29) is 0 Å². The minimum Gasteiger partial charge on any atom is -0.543 e. The van der Waals surface area contributed by atoms with Crippen molar-refractivity contribution >= 4 is 19.7 Å². The van der Waals surface area contributed by atoms with Gasteiger partial charge in [-0.25, -0.2) is 0 Å². The third-order valence-electron chi connectivity index (χ3n) is 1.45. The van der Waals surface area contributed by atoms with Crippen molar-refractivity contribution in [2.75, 3.05) is 11.5 Å². The largest absolute Gasteiger partial charge is 0.543 e. The van der Waals surface area contributed by atoms with E-state index in [9.17, 15) is 0 Å². The predicted octanol–water partition coefficient (Wildman–Crippen LogP) is 2.06. The monoisotopic (exact) mass is 196 g/mol. The first-order valence-electron chi connectivity index (χ1n) is 4.22. The second-order valence-electron chi connectivity index (χ2n) is 4.01. The van der Waals surface area contributed by atoms with Crippen LogP contribution < -0.4 is 15.9 Å². The molecule has 0 saturated carbocycles. The van der Waals surface area contributed by atoms with Crippen LogP contribution in [-0.2, 0) is 0 Å². The smallest absolute Gasteiger partial charge is 0.242 e. The van der Waals surface area contributed by atoms with Crippen molar-refractivity contribution in [1.29, 1.82) is 0 Å². The number of rotatable bonds is 2. The molecule has 0 aromatic heterocycles. The number of hydrogen-bond donors (Lipinski definition) is 2. The normalized spacial score (nSPS) is 11.3. The average Bonchev–Trinajstić information content (AvgIpc) is 1.94. The van der Waals surface area contributed by atoms with Gasteiger partial charge in [0, 0.05) is 11.8 Å². The molecule has 1 aromatic rings. The van der Waals surface area contributed by atoms with Crippen LogP contribution in [0.15, 0.2) is 18.2 Å². The second-order valence-corrected chi connectivity index (χ2v) is 8.44. The zero-order valence-corrected chi connectivity index (χ0v) is 9.29. The summed E-state index contributed by atoms with van der Waals surface area (Å²) in [5.74, 6) is 0.708. The quantitative estimate of drug-likeness (QED) is 0.562. The third-order valence-corrected chi connectivity index (χ3v) is 2.29. The number of nitrogen functional groups attached to an aromatic ring is 2. The van der Waals surface area contributed by atoms with Crippen LogP contribution in [0.2, 0.25) is 19.6 Å². The van der Waals surface area contributed by atoms with E-state index in [4.69, 9.17) is 15.9 Å². The highest BCUT2D eigenvalue weighted by Gasteiger charge is 2.17. The van der Waals surface area contributed by atoms with Crippen LogP contribution in [-0.4, -0.2) is 8.32 Å². The molecule has 0 fully saturated rings. The molecule has 0 aliphatic rings. The van der Waals surface area contributed by atoms with Gasteiger partial charge in [0.05, 0.1) is 5.69 Å². The minimum atomic E-state index is -1.59. The fraction of sp³-hybridized carbons (Fsp3) is 0.333. The van der Waals surface area contributed by atoms with Gasteiger partial charge in [-0.1, -0.05) is 0 Å². The lowest BCUT2D eigenvalue weighted by atomic mass is 10.3. The van der Waals surface area contributed by atoms with Crippen LogP contribution in [0.3, 0.4) is 0 Å².